The van der Waals surface area contributed by atoms with Crippen LogP contribution in [-0.2, 0) is 9.59 Å². The maximum atomic E-state index is 13.6. The lowest BCUT2D eigenvalue weighted by atomic mass is 9.93. The smallest absolute Gasteiger partial charge is 0.300 e. The van der Waals surface area contributed by atoms with E-state index in [1.165, 1.54) is 26.2 Å². The number of carbonyl (C=O) groups excluding carboxylic acids is 2. The number of aliphatic hydroxyl groups excluding tert-OH is 1. The summed E-state index contributed by atoms with van der Waals surface area (Å²) in [6.45, 7) is 6.11. The Hall–Kier alpha value is -4.46. The van der Waals surface area contributed by atoms with Gasteiger partial charge in [-0.1, -0.05) is 12.1 Å². The molecule has 0 bridgehead atoms. The van der Waals surface area contributed by atoms with Crippen LogP contribution in [0.15, 0.2) is 60.2 Å². The van der Waals surface area contributed by atoms with Gasteiger partial charge in [0.2, 0.25) is 0 Å². The molecule has 0 radical (unpaired) electrons. The van der Waals surface area contributed by atoms with Crippen molar-refractivity contribution in [2.24, 2.45) is 0 Å². The lowest BCUT2D eigenvalue weighted by Gasteiger charge is -2.26. The van der Waals surface area contributed by atoms with E-state index in [1.54, 1.807) is 48.5 Å². The van der Waals surface area contributed by atoms with Gasteiger partial charge in [-0.05, 0) is 79.9 Å². The van der Waals surface area contributed by atoms with Gasteiger partial charge in [0.25, 0.3) is 11.7 Å². The van der Waals surface area contributed by atoms with Crippen LogP contribution in [0.1, 0.15) is 35.2 Å². The van der Waals surface area contributed by atoms with Gasteiger partial charge in [-0.2, -0.15) is 0 Å². The molecule has 198 valence electrons. The third kappa shape index (κ3) is 4.65. The van der Waals surface area contributed by atoms with Crippen molar-refractivity contribution in [3.05, 3.63) is 82.4 Å². The van der Waals surface area contributed by atoms with Crippen LogP contribution in [0, 0.1) is 13.8 Å². The number of carbonyl (C=O) groups is 2. The number of nitrogens with zero attached hydrogens (tertiary/aromatic N) is 1. The fourth-order valence-corrected chi connectivity index (χ4v) is 4.85. The quantitative estimate of drug-likeness (QED) is 0.244. The van der Waals surface area contributed by atoms with Crippen LogP contribution in [0.2, 0.25) is 0 Å². The Balaban J connectivity index is 1.99. The van der Waals surface area contributed by atoms with E-state index in [0.29, 0.717) is 46.4 Å². The highest BCUT2D eigenvalue weighted by Crippen LogP contribution is 2.45. The van der Waals surface area contributed by atoms with Gasteiger partial charge in [-0.15, -0.1) is 0 Å². The summed E-state index contributed by atoms with van der Waals surface area (Å²) in [6.07, 6.45) is 0. The van der Waals surface area contributed by atoms with E-state index >= 15 is 0 Å². The molecule has 1 amide bonds. The molecule has 8 heteroatoms. The first-order chi connectivity index (χ1) is 18.2. The number of rotatable bonds is 8. The summed E-state index contributed by atoms with van der Waals surface area (Å²) in [5, 5.41) is 11.6. The molecule has 0 saturated carbocycles. The molecule has 38 heavy (non-hydrogen) atoms. The van der Waals surface area contributed by atoms with Crippen molar-refractivity contribution in [1.29, 1.82) is 0 Å². The number of hydrogen-bond donors (Lipinski definition) is 1. The minimum absolute atomic E-state index is 0.0561. The van der Waals surface area contributed by atoms with Crippen LogP contribution in [0.25, 0.3) is 5.76 Å². The van der Waals surface area contributed by atoms with Crippen molar-refractivity contribution in [1.82, 2.24) is 0 Å². The first-order valence-electron chi connectivity index (χ1n) is 12.2. The second-order valence-electron chi connectivity index (χ2n) is 8.87. The molecule has 1 saturated heterocycles. The first-order valence-corrected chi connectivity index (χ1v) is 12.2. The zero-order valence-electron chi connectivity index (χ0n) is 22.3. The molecule has 1 atom stereocenters. The highest BCUT2D eigenvalue weighted by molar-refractivity contribution is 6.51. The predicted octanol–water partition coefficient (Wildman–Crippen LogP) is 5.35. The second kappa shape index (κ2) is 10.9. The summed E-state index contributed by atoms with van der Waals surface area (Å²) in [5.74, 6) is 0.0786. The number of Topliss-reactive ketones (excluding diaryl/α,β-unsaturated/α-hetero) is 1. The molecule has 3 aromatic carbocycles. The Morgan fingerprint density at radius 2 is 1.58 bits per heavy atom. The van der Waals surface area contributed by atoms with E-state index in [1.807, 2.05) is 26.8 Å². The lowest BCUT2D eigenvalue weighted by Crippen LogP contribution is -2.29. The highest BCUT2D eigenvalue weighted by Gasteiger charge is 2.47. The maximum Gasteiger partial charge on any atom is 0.300 e. The standard InChI is InChI=1S/C30H31NO7/c1-7-38-21-11-9-20(10-12-21)31-26(19-8-13-23(35-4)24(16-19)36-5)25(28(33)30(31)34)27(32)22-15-17(2)14-18(3)29(22)37-6/h8-16,26,32H,7H2,1-6H3/b27-25+. The Labute approximate surface area is 222 Å². The molecule has 1 unspecified atom stereocenters. The van der Waals surface area contributed by atoms with Crippen LogP contribution in [0.3, 0.4) is 0 Å². The number of anilines is 1. The highest BCUT2D eigenvalue weighted by atomic mass is 16.5. The van der Waals surface area contributed by atoms with E-state index in [-0.39, 0.29) is 11.3 Å². The summed E-state index contributed by atoms with van der Waals surface area (Å²) in [5.41, 5.74) is 2.97. The number of hydrogen-bond acceptors (Lipinski definition) is 7. The van der Waals surface area contributed by atoms with Crippen molar-refractivity contribution < 1.29 is 33.6 Å². The van der Waals surface area contributed by atoms with E-state index in [4.69, 9.17) is 18.9 Å². The summed E-state index contributed by atoms with van der Waals surface area (Å²) in [7, 11) is 4.53. The fraction of sp³-hybridized carbons (Fsp3) is 0.267. The number of aryl methyl sites for hydroxylation is 2. The summed E-state index contributed by atoms with van der Waals surface area (Å²) in [4.78, 5) is 28.5. The largest absolute Gasteiger partial charge is 0.507 e. The van der Waals surface area contributed by atoms with Gasteiger partial charge in [0, 0.05) is 5.69 Å². The normalized spacial score (nSPS) is 16.5. The molecule has 8 nitrogen and oxygen atoms in total. The Morgan fingerprint density at radius 1 is 0.895 bits per heavy atom. The maximum absolute atomic E-state index is 13.6. The number of ketones is 1. The molecule has 0 aromatic heterocycles. The summed E-state index contributed by atoms with van der Waals surface area (Å²) >= 11 is 0. The lowest BCUT2D eigenvalue weighted by molar-refractivity contribution is -0.132. The molecular formula is C30H31NO7. The second-order valence-corrected chi connectivity index (χ2v) is 8.87. The van der Waals surface area contributed by atoms with E-state index in [2.05, 4.69) is 0 Å². The van der Waals surface area contributed by atoms with Crippen LogP contribution < -0.4 is 23.8 Å². The molecule has 4 rings (SSSR count). The van der Waals surface area contributed by atoms with Crippen molar-refractivity contribution >= 4 is 23.1 Å². The van der Waals surface area contributed by atoms with Gasteiger partial charge in [0.1, 0.15) is 17.3 Å². The molecule has 1 fully saturated rings. The minimum Gasteiger partial charge on any atom is -0.507 e. The molecule has 1 aliphatic rings. The number of benzene rings is 3. The topological polar surface area (TPSA) is 94.5 Å². The zero-order valence-corrected chi connectivity index (χ0v) is 22.3. The number of amides is 1. The molecule has 1 heterocycles. The van der Waals surface area contributed by atoms with Gasteiger partial charge in [0.05, 0.1) is 45.1 Å². The third-order valence-corrected chi connectivity index (χ3v) is 6.47. The predicted molar refractivity (Wildman–Crippen MR) is 144 cm³/mol. The number of methoxy groups -OCH3 is 3. The van der Waals surface area contributed by atoms with Gasteiger partial charge in [-0.25, -0.2) is 0 Å². The Bertz CT molecular complexity index is 1410. The van der Waals surface area contributed by atoms with Gasteiger partial charge in [-0.3, -0.25) is 14.5 Å². The van der Waals surface area contributed by atoms with Crippen molar-refractivity contribution in [3.63, 3.8) is 0 Å². The minimum atomic E-state index is -0.946. The average molecular weight is 518 g/mol. The van der Waals surface area contributed by atoms with E-state index in [9.17, 15) is 14.7 Å². The SMILES string of the molecule is CCOc1ccc(N2C(=O)C(=O)/C(=C(/O)c3cc(C)cc(C)c3OC)C2c2ccc(OC)c(OC)c2)cc1. The van der Waals surface area contributed by atoms with Gasteiger partial charge < -0.3 is 24.1 Å². The van der Waals surface area contributed by atoms with Crippen LogP contribution in [-0.4, -0.2) is 44.7 Å². The summed E-state index contributed by atoms with van der Waals surface area (Å²) in [6, 6.07) is 14.7. The van der Waals surface area contributed by atoms with Crippen LogP contribution in [0.5, 0.6) is 23.0 Å². The first kappa shape index (κ1) is 26.6. The van der Waals surface area contributed by atoms with Crippen molar-refractivity contribution in [2.75, 3.05) is 32.8 Å². The zero-order chi connectivity index (χ0) is 27.6. The van der Waals surface area contributed by atoms with Crippen LogP contribution >= 0.6 is 0 Å². The molecule has 0 aliphatic carbocycles. The van der Waals surface area contributed by atoms with E-state index in [0.717, 1.165) is 11.1 Å². The van der Waals surface area contributed by atoms with E-state index < -0.39 is 17.7 Å². The van der Waals surface area contributed by atoms with Crippen molar-refractivity contribution in [3.8, 4) is 23.0 Å². The van der Waals surface area contributed by atoms with Crippen molar-refractivity contribution in [2.45, 2.75) is 26.8 Å². The Morgan fingerprint density at radius 3 is 2.18 bits per heavy atom. The molecule has 1 aliphatic heterocycles. The fourth-order valence-electron chi connectivity index (χ4n) is 4.85. The monoisotopic (exact) mass is 517 g/mol. The number of ether oxygens (including phenoxy) is 4. The molecule has 1 N–H and O–H groups in total. The number of aliphatic hydroxyl groups is 1. The molecule has 3 aromatic rings. The van der Waals surface area contributed by atoms with Crippen LogP contribution in [0.4, 0.5) is 5.69 Å². The molecule has 0 spiro atoms. The summed E-state index contributed by atoms with van der Waals surface area (Å²) < 4.78 is 22.0. The third-order valence-electron chi connectivity index (χ3n) is 6.47. The Kier molecular flexibility index (Phi) is 7.62. The van der Waals surface area contributed by atoms with Gasteiger partial charge in [0.15, 0.2) is 11.5 Å². The average Bonchev–Trinajstić information content (AvgIpc) is 3.18. The van der Waals surface area contributed by atoms with Gasteiger partial charge >= 0.3 is 0 Å². The molecular weight excluding hydrogens is 486 g/mol.